The van der Waals surface area contributed by atoms with E-state index in [1.54, 1.807) is 18.4 Å². The molecule has 3 nitrogen and oxygen atoms in total. The third-order valence-electron chi connectivity index (χ3n) is 4.00. The largest absolute Gasteiger partial charge is 0.497 e. The predicted molar refractivity (Wildman–Crippen MR) is 100 cm³/mol. The molecule has 1 aromatic carbocycles. The molecule has 1 N–H and O–H groups in total. The number of pyridine rings is 1. The van der Waals surface area contributed by atoms with Gasteiger partial charge in [0, 0.05) is 28.2 Å². The van der Waals surface area contributed by atoms with Crippen molar-refractivity contribution in [2.24, 2.45) is 0 Å². The van der Waals surface area contributed by atoms with Gasteiger partial charge in [0.2, 0.25) is 0 Å². The quantitative estimate of drug-likeness (QED) is 0.522. The lowest BCUT2D eigenvalue weighted by Gasteiger charge is -2.04. The molecule has 0 unspecified atom stereocenters. The highest BCUT2D eigenvalue weighted by Gasteiger charge is 2.09. The summed E-state index contributed by atoms with van der Waals surface area (Å²) in [5.74, 6) is 0.874. The number of benzene rings is 1. The molecule has 120 valence electrons. The van der Waals surface area contributed by atoms with Gasteiger partial charge in [-0.3, -0.25) is 0 Å². The molecule has 0 amide bonds. The lowest BCUT2D eigenvalue weighted by atomic mass is 10.0. The topological polar surface area (TPSA) is 37.9 Å². The first-order valence-electron chi connectivity index (χ1n) is 7.57. The SMILES string of the molecule is COc1cccc(Cc2c[nH]c3ncc(-c4ccc(Cl)s4)cc23)c1. The summed E-state index contributed by atoms with van der Waals surface area (Å²) in [7, 11) is 1.69. The number of nitrogens with one attached hydrogen (secondary N) is 1. The van der Waals surface area contributed by atoms with Crippen LogP contribution in [0.5, 0.6) is 5.75 Å². The van der Waals surface area contributed by atoms with Crippen molar-refractivity contribution in [2.45, 2.75) is 6.42 Å². The van der Waals surface area contributed by atoms with Crippen LogP contribution in [0.3, 0.4) is 0 Å². The standard InChI is InChI=1S/C19H15ClN2OS/c1-23-15-4-2-3-12(8-15)7-13-10-21-19-16(13)9-14(11-22-19)17-5-6-18(20)24-17/h2-6,8-11H,7H2,1H3,(H,21,22). The number of aromatic nitrogens is 2. The second-order valence-corrected chi connectivity index (χ2v) is 7.28. The number of aromatic amines is 1. The van der Waals surface area contributed by atoms with E-state index in [0.29, 0.717) is 0 Å². The molecule has 4 rings (SSSR count). The Kier molecular flexibility index (Phi) is 4.00. The zero-order valence-electron chi connectivity index (χ0n) is 13.0. The fourth-order valence-corrected chi connectivity index (χ4v) is 3.83. The average molecular weight is 355 g/mol. The first-order valence-corrected chi connectivity index (χ1v) is 8.77. The van der Waals surface area contributed by atoms with Gasteiger partial charge in [-0.25, -0.2) is 4.98 Å². The molecule has 0 aliphatic heterocycles. The van der Waals surface area contributed by atoms with Gasteiger partial charge in [0.05, 0.1) is 11.4 Å². The van der Waals surface area contributed by atoms with Crippen LogP contribution < -0.4 is 4.74 Å². The van der Waals surface area contributed by atoms with Crippen LogP contribution in [0.4, 0.5) is 0 Å². The normalized spacial score (nSPS) is 11.1. The fraction of sp³-hybridized carbons (Fsp3) is 0.105. The number of thiophene rings is 1. The summed E-state index contributed by atoms with van der Waals surface area (Å²) in [6.45, 7) is 0. The Morgan fingerprint density at radius 2 is 2.12 bits per heavy atom. The Morgan fingerprint density at radius 1 is 1.21 bits per heavy atom. The zero-order valence-corrected chi connectivity index (χ0v) is 14.6. The lowest BCUT2D eigenvalue weighted by Crippen LogP contribution is -1.89. The summed E-state index contributed by atoms with van der Waals surface area (Å²) in [4.78, 5) is 8.93. The highest BCUT2D eigenvalue weighted by atomic mass is 35.5. The summed E-state index contributed by atoms with van der Waals surface area (Å²) in [5.41, 5.74) is 4.42. The lowest BCUT2D eigenvalue weighted by molar-refractivity contribution is 0.414. The third-order valence-corrected chi connectivity index (χ3v) is 5.28. The summed E-state index contributed by atoms with van der Waals surface area (Å²) < 4.78 is 6.10. The zero-order chi connectivity index (χ0) is 16.5. The van der Waals surface area contributed by atoms with Gasteiger partial charge < -0.3 is 9.72 Å². The van der Waals surface area contributed by atoms with E-state index in [1.807, 2.05) is 36.7 Å². The van der Waals surface area contributed by atoms with Crippen LogP contribution in [0.25, 0.3) is 21.5 Å². The van der Waals surface area contributed by atoms with Crippen molar-refractivity contribution < 1.29 is 4.74 Å². The van der Waals surface area contributed by atoms with Gasteiger partial charge >= 0.3 is 0 Å². The fourth-order valence-electron chi connectivity index (χ4n) is 2.81. The van der Waals surface area contributed by atoms with Crippen LogP contribution in [0.2, 0.25) is 4.34 Å². The molecule has 0 radical (unpaired) electrons. The number of H-pyrrole nitrogens is 1. The molecule has 3 heterocycles. The average Bonchev–Trinajstić information content (AvgIpc) is 3.21. The maximum absolute atomic E-state index is 6.05. The molecule has 0 aliphatic carbocycles. The summed E-state index contributed by atoms with van der Waals surface area (Å²) in [6.07, 6.45) is 4.74. The number of halogens is 1. The maximum Gasteiger partial charge on any atom is 0.137 e. The van der Waals surface area contributed by atoms with Gasteiger partial charge in [-0.1, -0.05) is 23.7 Å². The summed E-state index contributed by atoms with van der Waals surface area (Å²) in [5, 5.41) is 1.14. The third kappa shape index (κ3) is 2.90. The monoisotopic (exact) mass is 354 g/mol. The van der Waals surface area contributed by atoms with Crippen molar-refractivity contribution in [2.75, 3.05) is 7.11 Å². The molecule has 0 aliphatic rings. The van der Waals surface area contributed by atoms with Gasteiger partial charge in [-0.15, -0.1) is 11.3 Å². The molecular weight excluding hydrogens is 340 g/mol. The Balaban J connectivity index is 1.73. The van der Waals surface area contributed by atoms with Crippen LogP contribution >= 0.6 is 22.9 Å². The van der Waals surface area contributed by atoms with E-state index >= 15 is 0 Å². The van der Waals surface area contributed by atoms with E-state index in [2.05, 4.69) is 28.2 Å². The van der Waals surface area contributed by atoms with Crippen molar-refractivity contribution in [1.82, 2.24) is 9.97 Å². The van der Waals surface area contributed by atoms with E-state index in [9.17, 15) is 0 Å². The number of ether oxygens (including phenoxy) is 1. The minimum Gasteiger partial charge on any atom is -0.497 e. The molecule has 24 heavy (non-hydrogen) atoms. The number of rotatable bonds is 4. The molecule has 0 fully saturated rings. The number of hydrogen-bond donors (Lipinski definition) is 1. The number of nitrogens with zero attached hydrogens (tertiary/aromatic N) is 1. The van der Waals surface area contributed by atoms with E-state index in [0.717, 1.165) is 38.0 Å². The molecule has 0 atom stereocenters. The number of methoxy groups -OCH3 is 1. The molecule has 4 aromatic rings. The Hall–Kier alpha value is -2.30. The van der Waals surface area contributed by atoms with Crippen molar-refractivity contribution in [3.8, 4) is 16.2 Å². The number of hydrogen-bond acceptors (Lipinski definition) is 3. The Bertz CT molecular complexity index is 1010. The van der Waals surface area contributed by atoms with Crippen LogP contribution in [0.1, 0.15) is 11.1 Å². The molecule has 0 spiro atoms. The minimum atomic E-state index is 0.788. The van der Waals surface area contributed by atoms with Gasteiger partial charge in [-0.2, -0.15) is 0 Å². The molecule has 0 saturated carbocycles. The maximum atomic E-state index is 6.05. The van der Waals surface area contributed by atoms with E-state index in [1.165, 1.54) is 11.1 Å². The highest BCUT2D eigenvalue weighted by molar-refractivity contribution is 7.19. The van der Waals surface area contributed by atoms with Crippen LogP contribution in [-0.4, -0.2) is 17.1 Å². The highest BCUT2D eigenvalue weighted by Crippen LogP contribution is 2.33. The Labute approximate surface area is 148 Å². The number of fused-ring (bicyclic) bond motifs is 1. The van der Waals surface area contributed by atoms with Gasteiger partial charge in [0.15, 0.2) is 0 Å². The van der Waals surface area contributed by atoms with Crippen LogP contribution in [-0.2, 0) is 6.42 Å². The second kappa shape index (κ2) is 6.30. The van der Waals surface area contributed by atoms with Crippen LogP contribution in [0, 0.1) is 0 Å². The summed E-state index contributed by atoms with van der Waals surface area (Å²) >= 11 is 7.62. The van der Waals surface area contributed by atoms with Crippen LogP contribution in [0.15, 0.2) is 54.9 Å². The smallest absolute Gasteiger partial charge is 0.137 e. The van der Waals surface area contributed by atoms with Crippen molar-refractivity contribution >= 4 is 34.0 Å². The Morgan fingerprint density at radius 3 is 2.92 bits per heavy atom. The molecule has 3 aromatic heterocycles. The van der Waals surface area contributed by atoms with Crippen molar-refractivity contribution in [3.05, 3.63) is 70.3 Å². The summed E-state index contributed by atoms with van der Waals surface area (Å²) in [6, 6.07) is 14.3. The van der Waals surface area contributed by atoms with Crippen molar-refractivity contribution in [3.63, 3.8) is 0 Å². The van der Waals surface area contributed by atoms with E-state index < -0.39 is 0 Å². The van der Waals surface area contributed by atoms with Crippen molar-refractivity contribution in [1.29, 1.82) is 0 Å². The molecule has 0 bridgehead atoms. The van der Waals surface area contributed by atoms with E-state index in [4.69, 9.17) is 16.3 Å². The van der Waals surface area contributed by atoms with Gasteiger partial charge in [0.1, 0.15) is 11.4 Å². The van der Waals surface area contributed by atoms with Gasteiger partial charge in [0.25, 0.3) is 0 Å². The predicted octanol–water partition coefficient (Wildman–Crippen LogP) is 5.54. The first-order chi connectivity index (χ1) is 11.7. The molecular formula is C19H15ClN2OS. The molecule has 0 saturated heterocycles. The first kappa shape index (κ1) is 15.2. The minimum absolute atomic E-state index is 0.788. The molecule has 5 heteroatoms. The van der Waals surface area contributed by atoms with Gasteiger partial charge in [-0.05, 0) is 47.9 Å². The second-order valence-electron chi connectivity index (χ2n) is 5.57. The van der Waals surface area contributed by atoms with E-state index in [-0.39, 0.29) is 0 Å².